The van der Waals surface area contributed by atoms with Gasteiger partial charge in [-0.15, -0.1) is 0 Å². The Morgan fingerprint density at radius 2 is 2.00 bits per heavy atom. The molecule has 0 saturated carbocycles. The van der Waals surface area contributed by atoms with E-state index < -0.39 is 0 Å². The van der Waals surface area contributed by atoms with Gasteiger partial charge in [-0.2, -0.15) is 0 Å². The van der Waals surface area contributed by atoms with Crippen molar-refractivity contribution in [1.29, 1.82) is 0 Å². The molecule has 0 fully saturated rings. The summed E-state index contributed by atoms with van der Waals surface area (Å²) in [6, 6.07) is 0. The average Bonchev–Trinajstić information content (AvgIpc) is 2.00. The van der Waals surface area contributed by atoms with E-state index in [0.717, 1.165) is 0 Å². The minimum absolute atomic E-state index is 0.0238. The van der Waals surface area contributed by atoms with Crippen molar-refractivity contribution in [1.82, 2.24) is 0 Å². The van der Waals surface area contributed by atoms with E-state index in [1.165, 1.54) is 0 Å². The first kappa shape index (κ1) is 9.82. The topological polar surface area (TPSA) is 34.1 Å². The van der Waals surface area contributed by atoms with Crippen molar-refractivity contribution < 1.29 is 9.59 Å². The van der Waals surface area contributed by atoms with E-state index in [9.17, 15) is 9.59 Å². The lowest BCUT2D eigenvalue weighted by Gasteiger charge is -1.93. The third-order valence-corrected chi connectivity index (χ3v) is 1.25. The lowest BCUT2D eigenvalue weighted by molar-refractivity contribution is -0.119. The normalized spacial score (nSPS) is 12.0. The summed E-state index contributed by atoms with van der Waals surface area (Å²) in [5.41, 5.74) is 0.597. The van der Waals surface area contributed by atoms with E-state index in [0.29, 0.717) is 11.9 Å². The Balaban J connectivity index is 4.27. The molecule has 0 rings (SSSR count). The third-order valence-electron chi connectivity index (χ3n) is 1.25. The number of carbonyl (C=O) groups is 2. The molecule has 0 saturated heterocycles. The van der Waals surface area contributed by atoms with Crippen LogP contribution in [0.15, 0.2) is 23.8 Å². The van der Waals surface area contributed by atoms with Crippen molar-refractivity contribution in [3.8, 4) is 0 Å². The molecule has 0 aromatic heterocycles. The molecule has 0 spiro atoms. The van der Waals surface area contributed by atoms with Crippen LogP contribution in [-0.4, -0.2) is 12.1 Å². The largest absolute Gasteiger partial charge is 0.303 e. The fourth-order valence-corrected chi connectivity index (χ4v) is 0.723. The molecule has 0 heterocycles. The summed E-state index contributed by atoms with van der Waals surface area (Å²) in [5.74, 6) is -0.124. The second-order valence-corrected chi connectivity index (χ2v) is 2.04. The van der Waals surface area contributed by atoms with Crippen molar-refractivity contribution in [3.63, 3.8) is 0 Å². The van der Waals surface area contributed by atoms with E-state index >= 15 is 0 Å². The van der Waals surface area contributed by atoms with E-state index in [1.807, 2.05) is 6.92 Å². The quantitative estimate of drug-likeness (QED) is 0.266. The number of carbonyl (C=O) groups excluding carboxylic acids is 2. The minimum atomic E-state index is -0.124. The molecular weight excluding hydrogens is 140 g/mol. The molecule has 0 aliphatic carbocycles. The van der Waals surface area contributed by atoms with Gasteiger partial charge >= 0.3 is 0 Å². The molecule has 0 aliphatic rings. The third kappa shape index (κ3) is 3.50. The van der Waals surface area contributed by atoms with Gasteiger partial charge in [0.1, 0.15) is 6.29 Å². The summed E-state index contributed by atoms with van der Waals surface area (Å²) in [6.45, 7) is 3.61. The molecule has 0 atom stereocenters. The van der Waals surface area contributed by atoms with Gasteiger partial charge in [0.05, 0.1) is 6.42 Å². The van der Waals surface area contributed by atoms with E-state index in [1.54, 1.807) is 25.2 Å². The van der Waals surface area contributed by atoms with Crippen molar-refractivity contribution in [2.24, 2.45) is 0 Å². The first-order valence-corrected chi connectivity index (χ1v) is 3.52. The van der Waals surface area contributed by atoms with Gasteiger partial charge in [-0.25, -0.2) is 0 Å². The Hall–Kier alpha value is -1.18. The summed E-state index contributed by atoms with van der Waals surface area (Å²) in [6.07, 6.45) is 5.77. The Bertz CT molecular complexity index is 200. The highest BCUT2D eigenvalue weighted by molar-refractivity contribution is 6.04. The predicted molar refractivity (Wildman–Crippen MR) is 44.3 cm³/mol. The number of allylic oxidation sites excluding steroid dienone is 4. The van der Waals surface area contributed by atoms with Gasteiger partial charge in [0.25, 0.3) is 0 Å². The lowest BCUT2D eigenvalue weighted by atomic mass is 10.1. The van der Waals surface area contributed by atoms with Gasteiger partial charge in [-0.3, -0.25) is 4.79 Å². The number of hydrogen-bond donors (Lipinski definition) is 0. The van der Waals surface area contributed by atoms with E-state index in [4.69, 9.17) is 0 Å². The smallest absolute Gasteiger partial charge is 0.169 e. The van der Waals surface area contributed by atoms with Crippen LogP contribution in [0.4, 0.5) is 0 Å². The number of ketones is 1. The zero-order chi connectivity index (χ0) is 8.69. The lowest BCUT2D eigenvalue weighted by Crippen LogP contribution is -2.00. The number of hydrogen-bond acceptors (Lipinski definition) is 2. The second kappa shape index (κ2) is 5.59. The number of Topliss-reactive ketones (excluding diaryl/α,β-unsaturated/α-hetero) is 1. The van der Waals surface area contributed by atoms with Crippen LogP contribution in [0.2, 0.25) is 0 Å². The maximum atomic E-state index is 11.0. The standard InChI is InChI=1S/C9H12O2/c1-3-5-8(4-2)9(11)6-7-10/h3-5,7H,6H2,1-2H3/b5-3-,8-4+. The van der Waals surface area contributed by atoms with E-state index in [-0.39, 0.29) is 12.2 Å². The zero-order valence-electron chi connectivity index (χ0n) is 6.83. The SMILES string of the molecule is C/C=C\C(=C/C)C(=O)CC=O. The molecule has 11 heavy (non-hydrogen) atoms. The van der Waals surface area contributed by atoms with Gasteiger partial charge in [0.15, 0.2) is 5.78 Å². The first-order valence-electron chi connectivity index (χ1n) is 3.52. The Morgan fingerprint density at radius 1 is 1.36 bits per heavy atom. The molecule has 0 amide bonds. The van der Waals surface area contributed by atoms with Gasteiger partial charge in [0, 0.05) is 5.57 Å². The molecule has 0 aromatic rings. The molecule has 0 bridgehead atoms. The maximum Gasteiger partial charge on any atom is 0.169 e. The second-order valence-electron chi connectivity index (χ2n) is 2.04. The molecule has 2 nitrogen and oxygen atoms in total. The van der Waals surface area contributed by atoms with Crippen LogP contribution in [0.3, 0.4) is 0 Å². The monoisotopic (exact) mass is 152 g/mol. The van der Waals surface area contributed by atoms with Crippen LogP contribution in [-0.2, 0) is 9.59 Å². The summed E-state index contributed by atoms with van der Waals surface area (Å²) in [4.78, 5) is 21.0. The average molecular weight is 152 g/mol. The minimum Gasteiger partial charge on any atom is -0.303 e. The Labute approximate surface area is 66.6 Å². The van der Waals surface area contributed by atoms with Crippen LogP contribution in [0.1, 0.15) is 20.3 Å². The molecule has 2 heteroatoms. The maximum absolute atomic E-state index is 11.0. The predicted octanol–water partition coefficient (Wildman–Crippen LogP) is 1.67. The fourth-order valence-electron chi connectivity index (χ4n) is 0.723. The highest BCUT2D eigenvalue weighted by Gasteiger charge is 2.02. The van der Waals surface area contributed by atoms with Crippen LogP contribution in [0.5, 0.6) is 0 Å². The molecule has 0 radical (unpaired) electrons. The Morgan fingerprint density at radius 3 is 2.36 bits per heavy atom. The van der Waals surface area contributed by atoms with Crippen LogP contribution in [0, 0.1) is 0 Å². The van der Waals surface area contributed by atoms with Crippen LogP contribution < -0.4 is 0 Å². The Kier molecular flexibility index (Phi) is 4.99. The molecule has 0 unspecified atom stereocenters. The summed E-state index contributed by atoms with van der Waals surface area (Å²) < 4.78 is 0. The summed E-state index contributed by atoms with van der Waals surface area (Å²) >= 11 is 0. The summed E-state index contributed by atoms with van der Waals surface area (Å²) in [7, 11) is 0. The van der Waals surface area contributed by atoms with Crippen LogP contribution in [0.25, 0.3) is 0 Å². The van der Waals surface area contributed by atoms with Gasteiger partial charge in [0.2, 0.25) is 0 Å². The highest BCUT2D eigenvalue weighted by atomic mass is 16.1. The number of rotatable bonds is 4. The van der Waals surface area contributed by atoms with Gasteiger partial charge < -0.3 is 4.79 Å². The summed E-state index contributed by atoms with van der Waals surface area (Å²) in [5, 5.41) is 0. The molecule has 60 valence electrons. The van der Waals surface area contributed by atoms with Crippen molar-refractivity contribution in [3.05, 3.63) is 23.8 Å². The molecular formula is C9H12O2. The fraction of sp³-hybridized carbons (Fsp3) is 0.333. The van der Waals surface area contributed by atoms with Gasteiger partial charge in [-0.05, 0) is 13.8 Å². The van der Waals surface area contributed by atoms with Crippen molar-refractivity contribution >= 4 is 12.1 Å². The van der Waals surface area contributed by atoms with Gasteiger partial charge in [-0.1, -0.05) is 18.2 Å². The van der Waals surface area contributed by atoms with Crippen molar-refractivity contribution in [2.75, 3.05) is 0 Å². The zero-order valence-corrected chi connectivity index (χ0v) is 6.83. The molecule has 0 aliphatic heterocycles. The van der Waals surface area contributed by atoms with E-state index in [2.05, 4.69) is 0 Å². The molecule has 0 aromatic carbocycles. The van der Waals surface area contributed by atoms with Crippen molar-refractivity contribution in [2.45, 2.75) is 20.3 Å². The number of aldehydes is 1. The molecule has 0 N–H and O–H groups in total. The highest BCUT2D eigenvalue weighted by Crippen LogP contribution is 2.00. The first-order chi connectivity index (χ1) is 5.26. The van der Waals surface area contributed by atoms with Crippen LogP contribution >= 0.6 is 0 Å².